The van der Waals surface area contributed by atoms with E-state index in [1.54, 1.807) is 6.07 Å². The number of nitrogens with one attached hydrogen (secondary N) is 1. The number of hydrogen-bond acceptors (Lipinski definition) is 6. The van der Waals surface area contributed by atoms with E-state index in [1.807, 2.05) is 4.90 Å². The molecule has 0 aromatic carbocycles. The van der Waals surface area contributed by atoms with Gasteiger partial charge >= 0.3 is 0 Å². The molecule has 8 nitrogen and oxygen atoms in total. The lowest BCUT2D eigenvalue weighted by atomic mass is 9.93. The van der Waals surface area contributed by atoms with Crippen LogP contribution < -0.4 is 5.73 Å². The molecule has 1 fully saturated rings. The van der Waals surface area contributed by atoms with E-state index in [4.69, 9.17) is 5.73 Å². The Morgan fingerprint density at radius 1 is 1.42 bits per heavy atom. The maximum atomic E-state index is 12.7. The number of nitrogens with zero attached hydrogens (tertiary/aromatic N) is 4. The second kappa shape index (κ2) is 7.08. The molecule has 1 aliphatic rings. The van der Waals surface area contributed by atoms with Crippen molar-refractivity contribution in [2.75, 3.05) is 13.1 Å². The van der Waals surface area contributed by atoms with Crippen molar-refractivity contribution in [3.05, 3.63) is 28.0 Å². The maximum absolute atomic E-state index is 12.7. The second-order valence-corrected chi connectivity index (χ2v) is 6.69. The van der Waals surface area contributed by atoms with Gasteiger partial charge in [0.25, 0.3) is 11.8 Å². The molecule has 3 heterocycles. The van der Waals surface area contributed by atoms with Crippen molar-refractivity contribution in [2.45, 2.75) is 38.5 Å². The van der Waals surface area contributed by atoms with Gasteiger partial charge in [-0.25, -0.2) is 0 Å². The molecule has 9 heteroatoms. The Kier molecular flexibility index (Phi) is 4.89. The van der Waals surface area contributed by atoms with E-state index in [0.717, 1.165) is 37.1 Å². The van der Waals surface area contributed by atoms with Gasteiger partial charge in [0.05, 0.1) is 5.69 Å². The Bertz CT molecular complexity index is 732. The highest BCUT2D eigenvalue weighted by molar-refractivity contribution is 7.08. The van der Waals surface area contributed by atoms with E-state index >= 15 is 0 Å². The standard InChI is InChI=1S/C15H20N6O2S/c1-2-3-10-13(24-20-19-10)15(23)21-6-4-9(5-7-21)11-8-12(14(16)22)18-17-11/h8-9H,2-7H2,1H3,(H2,16,22)(H,17,18). The fourth-order valence-electron chi connectivity index (χ4n) is 2.98. The van der Waals surface area contributed by atoms with Gasteiger partial charge in [0, 0.05) is 24.7 Å². The summed E-state index contributed by atoms with van der Waals surface area (Å²) in [6, 6.07) is 1.71. The summed E-state index contributed by atoms with van der Waals surface area (Å²) in [6.45, 7) is 3.39. The summed E-state index contributed by atoms with van der Waals surface area (Å²) in [5.41, 5.74) is 7.18. The van der Waals surface area contributed by atoms with Gasteiger partial charge in [-0.05, 0) is 36.9 Å². The highest BCUT2D eigenvalue weighted by atomic mass is 32.1. The first kappa shape index (κ1) is 16.6. The second-order valence-electron chi connectivity index (χ2n) is 5.94. The minimum absolute atomic E-state index is 0.0225. The van der Waals surface area contributed by atoms with Crippen LogP contribution in [0.5, 0.6) is 0 Å². The van der Waals surface area contributed by atoms with Crippen LogP contribution in [0.4, 0.5) is 0 Å². The zero-order chi connectivity index (χ0) is 17.1. The number of hydrogen-bond donors (Lipinski definition) is 2. The van der Waals surface area contributed by atoms with Crippen molar-refractivity contribution in [2.24, 2.45) is 5.73 Å². The van der Waals surface area contributed by atoms with E-state index in [2.05, 4.69) is 26.7 Å². The minimum atomic E-state index is -0.536. The third-order valence-electron chi connectivity index (χ3n) is 4.31. The van der Waals surface area contributed by atoms with E-state index in [9.17, 15) is 9.59 Å². The number of amides is 2. The number of nitrogens with two attached hydrogens (primary N) is 1. The first-order valence-corrected chi connectivity index (χ1v) is 8.83. The van der Waals surface area contributed by atoms with Gasteiger partial charge in [-0.3, -0.25) is 14.7 Å². The molecule has 2 amide bonds. The van der Waals surface area contributed by atoms with Crippen LogP contribution in [-0.2, 0) is 6.42 Å². The summed E-state index contributed by atoms with van der Waals surface area (Å²) in [4.78, 5) is 26.3. The molecule has 2 aromatic heterocycles. The number of likely N-dealkylation sites (tertiary alicyclic amines) is 1. The van der Waals surface area contributed by atoms with Crippen molar-refractivity contribution in [1.82, 2.24) is 24.7 Å². The molecule has 1 saturated heterocycles. The largest absolute Gasteiger partial charge is 0.364 e. The number of aromatic nitrogens is 4. The lowest BCUT2D eigenvalue weighted by Gasteiger charge is -2.31. The van der Waals surface area contributed by atoms with Crippen LogP contribution >= 0.6 is 11.5 Å². The first-order chi connectivity index (χ1) is 11.6. The molecular formula is C15H20N6O2S. The van der Waals surface area contributed by atoms with Crippen molar-refractivity contribution >= 4 is 23.3 Å². The Hall–Kier alpha value is -2.29. The number of rotatable bonds is 5. The lowest BCUT2D eigenvalue weighted by molar-refractivity contribution is 0.0715. The number of primary amides is 1. The molecule has 3 rings (SSSR count). The SMILES string of the molecule is CCCc1nnsc1C(=O)N1CCC(c2cc(C(N)=O)n[nH]2)CC1. The van der Waals surface area contributed by atoms with Gasteiger partial charge in [-0.15, -0.1) is 5.10 Å². The first-order valence-electron chi connectivity index (χ1n) is 8.05. The fourth-order valence-corrected chi connectivity index (χ4v) is 3.66. The molecule has 2 aromatic rings. The molecule has 128 valence electrons. The third kappa shape index (κ3) is 3.30. The highest BCUT2D eigenvalue weighted by Gasteiger charge is 2.28. The molecule has 0 aliphatic carbocycles. The number of piperidine rings is 1. The Morgan fingerprint density at radius 2 is 2.17 bits per heavy atom. The van der Waals surface area contributed by atoms with Gasteiger partial charge in [0.15, 0.2) is 0 Å². The predicted octanol–water partition coefficient (Wildman–Crippen LogP) is 1.33. The van der Waals surface area contributed by atoms with Gasteiger partial charge in [-0.1, -0.05) is 17.8 Å². The molecule has 24 heavy (non-hydrogen) atoms. The van der Waals surface area contributed by atoms with Crippen molar-refractivity contribution in [1.29, 1.82) is 0 Å². The van der Waals surface area contributed by atoms with E-state index in [0.29, 0.717) is 18.0 Å². The number of aryl methyl sites for hydroxylation is 1. The van der Waals surface area contributed by atoms with Crippen LogP contribution in [0, 0.1) is 0 Å². The fraction of sp³-hybridized carbons (Fsp3) is 0.533. The summed E-state index contributed by atoms with van der Waals surface area (Å²) >= 11 is 1.18. The van der Waals surface area contributed by atoms with Crippen molar-refractivity contribution < 1.29 is 9.59 Å². The summed E-state index contributed by atoms with van der Waals surface area (Å²) < 4.78 is 3.93. The smallest absolute Gasteiger partial charge is 0.269 e. The molecule has 0 unspecified atom stereocenters. The van der Waals surface area contributed by atoms with Gasteiger partial charge in [0.1, 0.15) is 10.6 Å². The average Bonchev–Trinajstić information content (AvgIpc) is 3.24. The van der Waals surface area contributed by atoms with Crippen molar-refractivity contribution in [3.8, 4) is 0 Å². The maximum Gasteiger partial charge on any atom is 0.269 e. The number of carbonyl (C=O) groups excluding carboxylic acids is 2. The summed E-state index contributed by atoms with van der Waals surface area (Å²) in [6.07, 6.45) is 3.36. The average molecular weight is 348 g/mol. The van der Waals surface area contributed by atoms with Crippen molar-refractivity contribution in [3.63, 3.8) is 0 Å². The van der Waals surface area contributed by atoms with Crippen LogP contribution in [0.25, 0.3) is 0 Å². The molecule has 0 radical (unpaired) electrons. The van der Waals surface area contributed by atoms with E-state index in [1.165, 1.54) is 11.5 Å². The van der Waals surface area contributed by atoms with Gasteiger partial charge in [0.2, 0.25) is 0 Å². The summed E-state index contributed by atoms with van der Waals surface area (Å²) in [5, 5.41) is 10.9. The van der Waals surface area contributed by atoms with Gasteiger partial charge < -0.3 is 10.6 Å². The van der Waals surface area contributed by atoms with Crippen LogP contribution in [0.2, 0.25) is 0 Å². The molecule has 0 saturated carbocycles. The van der Waals surface area contributed by atoms with Gasteiger partial charge in [-0.2, -0.15) is 5.10 Å². The monoisotopic (exact) mass is 348 g/mol. The Morgan fingerprint density at radius 3 is 2.79 bits per heavy atom. The third-order valence-corrected chi connectivity index (χ3v) is 5.07. The number of aromatic amines is 1. The predicted molar refractivity (Wildman–Crippen MR) is 88.9 cm³/mol. The minimum Gasteiger partial charge on any atom is -0.364 e. The van der Waals surface area contributed by atoms with E-state index in [-0.39, 0.29) is 17.5 Å². The normalized spacial score (nSPS) is 15.6. The van der Waals surface area contributed by atoms with Crippen LogP contribution in [0.15, 0.2) is 6.07 Å². The molecule has 0 bridgehead atoms. The lowest BCUT2D eigenvalue weighted by Crippen LogP contribution is -2.38. The molecular weight excluding hydrogens is 328 g/mol. The summed E-state index contributed by atoms with van der Waals surface area (Å²) in [7, 11) is 0. The highest BCUT2D eigenvalue weighted by Crippen LogP contribution is 2.28. The topological polar surface area (TPSA) is 118 Å². The Labute approximate surface area is 143 Å². The van der Waals surface area contributed by atoms with Crippen LogP contribution in [-0.4, -0.2) is 49.6 Å². The zero-order valence-electron chi connectivity index (χ0n) is 13.5. The Balaban J connectivity index is 1.62. The molecule has 3 N–H and O–H groups in total. The van der Waals surface area contributed by atoms with Crippen LogP contribution in [0.1, 0.15) is 63.7 Å². The number of carbonyl (C=O) groups is 2. The molecule has 0 atom stereocenters. The summed E-state index contributed by atoms with van der Waals surface area (Å²) in [5.74, 6) is -0.259. The quantitative estimate of drug-likeness (QED) is 0.845. The molecule has 0 spiro atoms. The number of H-pyrrole nitrogens is 1. The zero-order valence-corrected chi connectivity index (χ0v) is 14.3. The van der Waals surface area contributed by atoms with E-state index < -0.39 is 5.91 Å². The molecule has 1 aliphatic heterocycles. The van der Waals surface area contributed by atoms with Crippen LogP contribution in [0.3, 0.4) is 0 Å².